The molecule has 20 heavy (non-hydrogen) atoms. The van der Waals surface area contributed by atoms with Crippen molar-refractivity contribution in [3.05, 3.63) is 23.8 Å². The van der Waals surface area contributed by atoms with Crippen LogP contribution in [0, 0.1) is 6.92 Å². The van der Waals surface area contributed by atoms with Gasteiger partial charge >= 0.3 is 0 Å². The number of nitrogens with one attached hydrogen (secondary N) is 2. The Labute approximate surface area is 118 Å². The predicted octanol–water partition coefficient (Wildman–Crippen LogP) is 1.26. The Morgan fingerprint density at radius 1 is 1.25 bits per heavy atom. The van der Waals surface area contributed by atoms with Gasteiger partial charge in [0.05, 0.1) is 6.61 Å². The minimum Gasteiger partial charge on any atom is -0.370 e. The summed E-state index contributed by atoms with van der Waals surface area (Å²) in [5.74, 6) is -0.321. The molecule has 0 aliphatic heterocycles. The molecule has 0 aliphatic carbocycles. The van der Waals surface area contributed by atoms with Crippen LogP contribution < -0.4 is 16.4 Å². The molecule has 0 unspecified atom stereocenters. The number of carbonyl (C=O) groups excluding carboxylic acids is 2. The van der Waals surface area contributed by atoms with Crippen molar-refractivity contribution in [2.24, 2.45) is 5.73 Å². The number of rotatable bonds is 7. The van der Waals surface area contributed by atoms with Crippen LogP contribution in [-0.2, 0) is 14.3 Å². The lowest BCUT2D eigenvalue weighted by Gasteiger charge is -2.11. The smallest absolute Gasteiger partial charge is 0.250 e. The number of amides is 2. The van der Waals surface area contributed by atoms with E-state index in [0.29, 0.717) is 30.9 Å². The molecule has 6 heteroatoms. The van der Waals surface area contributed by atoms with Crippen molar-refractivity contribution in [3.8, 4) is 0 Å². The first-order chi connectivity index (χ1) is 9.56. The lowest BCUT2D eigenvalue weighted by Crippen LogP contribution is -2.21. The highest BCUT2D eigenvalue weighted by atomic mass is 16.5. The van der Waals surface area contributed by atoms with Crippen LogP contribution in [0.4, 0.5) is 11.4 Å². The molecule has 1 rings (SSSR count). The summed E-state index contributed by atoms with van der Waals surface area (Å²) in [5.41, 5.74) is 7.49. The second-order valence-corrected chi connectivity index (χ2v) is 4.32. The number of benzene rings is 1. The Hall–Kier alpha value is -1.92. The van der Waals surface area contributed by atoms with E-state index in [9.17, 15) is 9.59 Å². The van der Waals surface area contributed by atoms with E-state index >= 15 is 0 Å². The number of hydrogen-bond donors (Lipinski definition) is 3. The van der Waals surface area contributed by atoms with Gasteiger partial charge in [0, 0.05) is 24.3 Å². The molecule has 1 aromatic carbocycles. The van der Waals surface area contributed by atoms with Crippen LogP contribution in [0.3, 0.4) is 0 Å². The topological polar surface area (TPSA) is 93.5 Å². The van der Waals surface area contributed by atoms with Gasteiger partial charge in [0.25, 0.3) is 0 Å². The summed E-state index contributed by atoms with van der Waals surface area (Å²) in [6.45, 7) is 4.34. The molecule has 0 saturated heterocycles. The normalized spacial score (nSPS) is 10.2. The van der Waals surface area contributed by atoms with Gasteiger partial charge in [-0.2, -0.15) is 0 Å². The zero-order chi connectivity index (χ0) is 15.0. The van der Waals surface area contributed by atoms with Crippen LogP contribution in [0.1, 0.15) is 18.9 Å². The first-order valence-corrected chi connectivity index (χ1v) is 6.55. The first kappa shape index (κ1) is 16.1. The molecule has 0 aromatic heterocycles. The summed E-state index contributed by atoms with van der Waals surface area (Å²) in [6, 6.07) is 5.36. The molecular weight excluding hydrogens is 258 g/mol. The van der Waals surface area contributed by atoms with E-state index < -0.39 is 0 Å². The van der Waals surface area contributed by atoms with Gasteiger partial charge in [0.15, 0.2) is 0 Å². The fourth-order valence-electron chi connectivity index (χ4n) is 1.52. The van der Waals surface area contributed by atoms with E-state index in [0.717, 1.165) is 5.56 Å². The maximum Gasteiger partial charge on any atom is 0.250 e. The third-order valence-electron chi connectivity index (χ3n) is 2.61. The van der Waals surface area contributed by atoms with Gasteiger partial charge in [-0.1, -0.05) is 13.0 Å². The summed E-state index contributed by atoms with van der Waals surface area (Å²) >= 11 is 0. The van der Waals surface area contributed by atoms with Crippen molar-refractivity contribution in [1.29, 1.82) is 0 Å². The van der Waals surface area contributed by atoms with Crippen molar-refractivity contribution >= 4 is 23.2 Å². The molecule has 2 amide bonds. The Bertz CT molecular complexity index is 475. The minimum atomic E-state index is -0.250. The molecular formula is C14H21N3O3. The molecule has 4 N–H and O–H groups in total. The number of anilines is 2. The maximum atomic E-state index is 11.7. The Morgan fingerprint density at radius 3 is 2.65 bits per heavy atom. The van der Waals surface area contributed by atoms with Crippen LogP contribution in [0.15, 0.2) is 18.2 Å². The minimum absolute atomic E-state index is 0.0395. The van der Waals surface area contributed by atoms with E-state index in [1.165, 1.54) is 0 Å². The molecule has 0 aliphatic rings. The molecule has 110 valence electrons. The van der Waals surface area contributed by atoms with Crippen molar-refractivity contribution in [3.63, 3.8) is 0 Å². The van der Waals surface area contributed by atoms with Crippen LogP contribution in [0.5, 0.6) is 0 Å². The van der Waals surface area contributed by atoms with Crippen LogP contribution >= 0.6 is 0 Å². The first-order valence-electron chi connectivity index (χ1n) is 6.55. The second kappa shape index (κ2) is 8.29. The number of hydrogen-bond acceptors (Lipinski definition) is 4. The van der Waals surface area contributed by atoms with Crippen LogP contribution in [-0.4, -0.2) is 31.6 Å². The average Bonchev–Trinajstić information content (AvgIpc) is 2.42. The van der Waals surface area contributed by atoms with Gasteiger partial charge in [-0.3, -0.25) is 9.59 Å². The number of aryl methyl sites for hydroxylation is 1. The van der Waals surface area contributed by atoms with E-state index in [4.69, 9.17) is 10.5 Å². The highest BCUT2D eigenvalue weighted by Crippen LogP contribution is 2.20. The number of nitrogens with two attached hydrogens (primary N) is 1. The molecule has 0 spiro atoms. The van der Waals surface area contributed by atoms with Gasteiger partial charge in [-0.15, -0.1) is 0 Å². The maximum absolute atomic E-state index is 11.7. The zero-order valence-corrected chi connectivity index (χ0v) is 11.9. The zero-order valence-electron chi connectivity index (χ0n) is 11.9. The highest BCUT2D eigenvalue weighted by molar-refractivity contribution is 5.95. The van der Waals surface area contributed by atoms with Crippen molar-refractivity contribution in [1.82, 2.24) is 0 Å². The lowest BCUT2D eigenvalue weighted by atomic mass is 10.1. The standard InChI is InChI=1S/C14H21N3O3/c1-3-13(18)16-11-5-4-10(2)12(8-11)17-14(19)9-20-7-6-15/h4-5,8H,3,6-7,9,15H2,1-2H3,(H,16,18)(H,17,19). The Morgan fingerprint density at radius 2 is 2.00 bits per heavy atom. The van der Waals surface area contributed by atoms with Gasteiger partial charge < -0.3 is 21.1 Å². The summed E-state index contributed by atoms with van der Waals surface area (Å²) in [4.78, 5) is 23.0. The summed E-state index contributed by atoms with van der Waals surface area (Å²) in [6.07, 6.45) is 0.405. The van der Waals surface area contributed by atoms with Gasteiger partial charge in [-0.25, -0.2) is 0 Å². The van der Waals surface area contributed by atoms with Crippen molar-refractivity contribution in [2.45, 2.75) is 20.3 Å². The third-order valence-corrected chi connectivity index (χ3v) is 2.61. The quantitative estimate of drug-likeness (QED) is 0.655. The van der Waals surface area contributed by atoms with Crippen LogP contribution in [0.2, 0.25) is 0 Å². The van der Waals surface area contributed by atoms with Crippen LogP contribution in [0.25, 0.3) is 0 Å². The fourth-order valence-corrected chi connectivity index (χ4v) is 1.52. The molecule has 0 saturated carbocycles. The number of carbonyl (C=O) groups is 2. The Kier molecular flexibility index (Phi) is 6.69. The number of ether oxygens (including phenoxy) is 1. The molecule has 0 atom stereocenters. The summed E-state index contributed by atoms with van der Waals surface area (Å²) in [5, 5.41) is 5.49. The molecule has 0 fully saturated rings. The molecule has 6 nitrogen and oxygen atoms in total. The third kappa shape index (κ3) is 5.38. The SMILES string of the molecule is CCC(=O)Nc1ccc(C)c(NC(=O)COCCN)c1. The highest BCUT2D eigenvalue weighted by Gasteiger charge is 2.07. The van der Waals surface area contributed by atoms with Crippen molar-refractivity contribution in [2.75, 3.05) is 30.4 Å². The van der Waals surface area contributed by atoms with Crippen molar-refractivity contribution < 1.29 is 14.3 Å². The monoisotopic (exact) mass is 279 g/mol. The van der Waals surface area contributed by atoms with E-state index in [-0.39, 0.29) is 18.4 Å². The predicted molar refractivity (Wildman–Crippen MR) is 78.6 cm³/mol. The fraction of sp³-hybridized carbons (Fsp3) is 0.429. The van der Waals surface area contributed by atoms with E-state index in [2.05, 4.69) is 10.6 Å². The van der Waals surface area contributed by atoms with Gasteiger partial charge in [0.2, 0.25) is 11.8 Å². The van der Waals surface area contributed by atoms with Gasteiger partial charge in [0.1, 0.15) is 6.61 Å². The summed E-state index contributed by atoms with van der Waals surface area (Å²) in [7, 11) is 0. The average molecular weight is 279 g/mol. The lowest BCUT2D eigenvalue weighted by molar-refractivity contribution is -0.120. The molecule has 1 aromatic rings. The second-order valence-electron chi connectivity index (χ2n) is 4.32. The van der Waals surface area contributed by atoms with Gasteiger partial charge in [-0.05, 0) is 24.6 Å². The molecule has 0 radical (unpaired) electrons. The summed E-state index contributed by atoms with van der Waals surface area (Å²) < 4.78 is 5.06. The molecule has 0 bridgehead atoms. The van der Waals surface area contributed by atoms with E-state index in [1.54, 1.807) is 19.1 Å². The molecule has 0 heterocycles. The largest absolute Gasteiger partial charge is 0.370 e. The Balaban J connectivity index is 2.66. The van der Waals surface area contributed by atoms with E-state index in [1.807, 2.05) is 13.0 Å².